The molecule has 0 bridgehead atoms. The monoisotopic (exact) mass is 380 g/mol. The summed E-state index contributed by atoms with van der Waals surface area (Å²) in [6, 6.07) is 4.88. The van der Waals surface area contributed by atoms with E-state index in [0.29, 0.717) is 12.0 Å². The van der Waals surface area contributed by atoms with Crippen molar-refractivity contribution in [3.05, 3.63) is 23.3 Å². The van der Waals surface area contributed by atoms with Crippen LogP contribution in [-0.4, -0.2) is 45.0 Å². The number of benzene rings is 1. The number of thiocarbonyl (C=S) groups is 1. The summed E-state index contributed by atoms with van der Waals surface area (Å²) < 4.78 is 11.1. The van der Waals surface area contributed by atoms with Crippen molar-refractivity contribution in [3.8, 4) is 11.5 Å². The van der Waals surface area contributed by atoms with E-state index in [1.54, 1.807) is 19.1 Å². The highest BCUT2D eigenvalue weighted by molar-refractivity contribution is 7.80. The molecule has 1 heterocycles. The number of quaternary nitrogens is 1. The molecule has 3 N–H and O–H groups in total. The van der Waals surface area contributed by atoms with E-state index >= 15 is 0 Å². The Labute approximate surface area is 163 Å². The van der Waals surface area contributed by atoms with Crippen molar-refractivity contribution in [2.45, 2.75) is 46.2 Å². The van der Waals surface area contributed by atoms with Gasteiger partial charge in [-0.15, -0.1) is 0 Å². The highest BCUT2D eigenvalue weighted by Crippen LogP contribution is 2.35. The fourth-order valence-corrected chi connectivity index (χ4v) is 4.24. The van der Waals surface area contributed by atoms with Crippen molar-refractivity contribution in [1.29, 1.82) is 0 Å². The Balaban J connectivity index is 2.48. The zero-order valence-electron chi connectivity index (χ0n) is 16.9. The average molecular weight is 381 g/mol. The first-order valence-corrected chi connectivity index (χ1v) is 10.0. The van der Waals surface area contributed by atoms with Gasteiger partial charge >= 0.3 is 0 Å². The van der Waals surface area contributed by atoms with E-state index in [4.69, 9.17) is 21.7 Å². The summed E-state index contributed by atoms with van der Waals surface area (Å²) >= 11 is 5.50. The van der Waals surface area contributed by atoms with Gasteiger partial charge in [0.1, 0.15) is 6.04 Å². The van der Waals surface area contributed by atoms with Gasteiger partial charge in [0.15, 0.2) is 16.6 Å². The molecule has 0 amide bonds. The van der Waals surface area contributed by atoms with Crippen LogP contribution in [0.15, 0.2) is 12.1 Å². The van der Waals surface area contributed by atoms with E-state index in [1.165, 1.54) is 11.1 Å². The Bertz CT molecular complexity index is 621. The van der Waals surface area contributed by atoms with E-state index in [-0.39, 0.29) is 6.04 Å². The zero-order chi connectivity index (χ0) is 19.3. The van der Waals surface area contributed by atoms with Crippen LogP contribution in [0.4, 0.5) is 0 Å². The molecule has 1 aromatic carbocycles. The topological polar surface area (TPSA) is 47.0 Å². The Morgan fingerprint density at radius 2 is 1.88 bits per heavy atom. The molecule has 1 unspecified atom stereocenters. The van der Waals surface area contributed by atoms with Crippen LogP contribution in [0.3, 0.4) is 0 Å². The van der Waals surface area contributed by atoms with Gasteiger partial charge in [0.2, 0.25) is 0 Å². The molecule has 0 radical (unpaired) electrons. The molecule has 1 aromatic rings. The van der Waals surface area contributed by atoms with Gasteiger partial charge in [-0.2, -0.15) is 0 Å². The number of fused-ring (bicyclic) bond motifs is 1. The Kier molecular flexibility index (Phi) is 7.53. The summed E-state index contributed by atoms with van der Waals surface area (Å²) in [6.45, 7) is 11.9. The van der Waals surface area contributed by atoms with Crippen molar-refractivity contribution >= 4 is 17.3 Å². The number of rotatable bonds is 7. The number of hydrogen-bond donors (Lipinski definition) is 3. The number of methoxy groups -OCH3 is 2. The molecule has 1 aliphatic heterocycles. The van der Waals surface area contributed by atoms with Crippen molar-refractivity contribution in [2.75, 3.05) is 33.9 Å². The van der Waals surface area contributed by atoms with E-state index in [1.807, 2.05) is 0 Å². The van der Waals surface area contributed by atoms with Crippen LogP contribution in [-0.2, 0) is 6.42 Å². The minimum atomic E-state index is 0.244. The molecule has 0 spiro atoms. The molecule has 3 atom stereocenters. The third kappa shape index (κ3) is 4.41. The fraction of sp³-hybridized carbons (Fsp3) is 0.650. The SMILES string of the molecule is CCNC(=S)N[C@H](C(C)C)[C@@H]1c2cc(OC)c(OC)cc2CC[NH+]1CC. The van der Waals surface area contributed by atoms with Crippen LogP contribution in [0.1, 0.15) is 44.9 Å². The normalized spacial score (nSPS) is 20.3. The van der Waals surface area contributed by atoms with E-state index in [9.17, 15) is 0 Å². The van der Waals surface area contributed by atoms with Crippen molar-refractivity contribution in [3.63, 3.8) is 0 Å². The summed E-state index contributed by atoms with van der Waals surface area (Å²) in [5.41, 5.74) is 2.70. The van der Waals surface area contributed by atoms with E-state index < -0.39 is 0 Å². The lowest BCUT2D eigenvalue weighted by atomic mass is 9.83. The van der Waals surface area contributed by atoms with E-state index in [2.05, 4.69) is 50.5 Å². The van der Waals surface area contributed by atoms with Gasteiger partial charge in [-0.25, -0.2) is 0 Å². The summed E-state index contributed by atoms with van der Waals surface area (Å²) in [5.74, 6) is 2.05. The van der Waals surface area contributed by atoms with Crippen LogP contribution in [0.5, 0.6) is 11.5 Å². The van der Waals surface area contributed by atoms with Crippen LogP contribution in [0, 0.1) is 5.92 Å². The predicted octanol–water partition coefficient (Wildman–Crippen LogP) is 1.71. The number of hydrogen-bond acceptors (Lipinski definition) is 3. The molecule has 0 fully saturated rings. The number of ether oxygens (including phenoxy) is 2. The summed E-state index contributed by atoms with van der Waals surface area (Å²) in [5, 5.41) is 7.55. The van der Waals surface area contributed by atoms with Gasteiger partial charge in [-0.1, -0.05) is 13.8 Å². The molecular weight excluding hydrogens is 346 g/mol. The maximum absolute atomic E-state index is 5.59. The molecule has 1 aliphatic rings. The first-order valence-electron chi connectivity index (χ1n) is 9.60. The number of nitrogens with one attached hydrogen (secondary N) is 3. The van der Waals surface area contributed by atoms with Gasteiger partial charge in [0, 0.05) is 18.5 Å². The Morgan fingerprint density at radius 1 is 1.23 bits per heavy atom. The van der Waals surface area contributed by atoms with Crippen LogP contribution in [0.2, 0.25) is 0 Å². The summed E-state index contributed by atoms with van der Waals surface area (Å²) in [7, 11) is 3.40. The molecule has 0 saturated carbocycles. The third-order valence-electron chi connectivity index (χ3n) is 5.30. The van der Waals surface area contributed by atoms with Gasteiger partial charge in [0.25, 0.3) is 0 Å². The Hall–Kier alpha value is -1.53. The van der Waals surface area contributed by atoms with Crippen molar-refractivity contribution in [1.82, 2.24) is 10.6 Å². The molecule has 0 aromatic heterocycles. The lowest BCUT2D eigenvalue weighted by Gasteiger charge is -2.40. The van der Waals surface area contributed by atoms with Crippen LogP contribution in [0.25, 0.3) is 0 Å². The van der Waals surface area contributed by atoms with Gasteiger partial charge < -0.3 is 25.0 Å². The standard InChI is InChI=1S/C20H33N3O2S/c1-7-21-20(26)22-18(13(3)4)19-15-12-17(25-6)16(24-5)11-14(15)9-10-23(19)8-2/h11-13,18-19H,7-10H2,1-6H3,(H2,21,22,26)/p+1/t18-,19+/m1/s1. The van der Waals surface area contributed by atoms with Crippen molar-refractivity contribution < 1.29 is 14.4 Å². The minimum absolute atomic E-state index is 0.244. The third-order valence-corrected chi connectivity index (χ3v) is 5.56. The fourth-order valence-electron chi connectivity index (χ4n) is 3.96. The summed E-state index contributed by atoms with van der Waals surface area (Å²) in [4.78, 5) is 1.58. The highest BCUT2D eigenvalue weighted by atomic mass is 32.1. The van der Waals surface area contributed by atoms with Gasteiger partial charge in [-0.05, 0) is 49.7 Å². The zero-order valence-corrected chi connectivity index (χ0v) is 17.8. The molecule has 146 valence electrons. The first-order chi connectivity index (χ1) is 12.5. The average Bonchev–Trinajstić information content (AvgIpc) is 2.64. The van der Waals surface area contributed by atoms with Crippen LogP contribution < -0.4 is 25.0 Å². The maximum Gasteiger partial charge on any atom is 0.166 e. The second-order valence-corrected chi connectivity index (χ2v) is 7.58. The van der Waals surface area contributed by atoms with Crippen molar-refractivity contribution in [2.24, 2.45) is 5.92 Å². The maximum atomic E-state index is 5.59. The van der Waals surface area contributed by atoms with Crippen LogP contribution >= 0.6 is 12.2 Å². The Morgan fingerprint density at radius 3 is 2.42 bits per heavy atom. The van der Waals surface area contributed by atoms with Gasteiger partial charge in [0.05, 0.1) is 33.4 Å². The lowest BCUT2D eigenvalue weighted by Crippen LogP contribution is -3.14. The quantitative estimate of drug-likeness (QED) is 0.629. The van der Waals surface area contributed by atoms with E-state index in [0.717, 1.165) is 42.7 Å². The second-order valence-electron chi connectivity index (χ2n) is 7.17. The molecule has 0 saturated heterocycles. The molecule has 5 nitrogen and oxygen atoms in total. The molecule has 26 heavy (non-hydrogen) atoms. The van der Waals surface area contributed by atoms with Gasteiger partial charge in [-0.3, -0.25) is 0 Å². The lowest BCUT2D eigenvalue weighted by molar-refractivity contribution is -0.934. The summed E-state index contributed by atoms with van der Waals surface area (Å²) in [6.07, 6.45) is 1.05. The molecule has 6 heteroatoms. The molecular formula is C20H34N3O2S+. The minimum Gasteiger partial charge on any atom is -0.493 e. The molecule has 2 rings (SSSR count). The smallest absolute Gasteiger partial charge is 0.166 e. The largest absolute Gasteiger partial charge is 0.493 e. The highest BCUT2D eigenvalue weighted by Gasteiger charge is 2.39. The first kappa shape index (κ1) is 20.8. The predicted molar refractivity (Wildman–Crippen MR) is 110 cm³/mol. The number of likely N-dealkylation sites (N-methyl/N-ethyl adjacent to an activating group) is 1. The second kappa shape index (κ2) is 9.42. The molecule has 0 aliphatic carbocycles.